The Morgan fingerprint density at radius 3 is 2.60 bits per heavy atom. The highest BCUT2D eigenvalue weighted by Crippen LogP contribution is 2.26. The van der Waals surface area contributed by atoms with Crippen molar-refractivity contribution < 1.29 is 19.4 Å². The molecule has 2 rings (SSSR count). The van der Waals surface area contributed by atoms with Gasteiger partial charge >= 0.3 is 11.9 Å². The number of esters is 1. The van der Waals surface area contributed by atoms with Crippen molar-refractivity contribution in [2.75, 3.05) is 6.61 Å². The average molecular weight is 274 g/mol. The summed E-state index contributed by atoms with van der Waals surface area (Å²) in [7, 11) is 0. The number of carboxylic acid groups (broad SMARTS) is 1. The van der Waals surface area contributed by atoms with Crippen LogP contribution in [0, 0.1) is 13.8 Å². The highest BCUT2D eigenvalue weighted by Gasteiger charge is 2.19. The second kappa shape index (κ2) is 5.24. The number of carbonyl (C=O) groups is 2. The smallest absolute Gasteiger partial charge is 0.357 e. The van der Waals surface area contributed by atoms with Crippen LogP contribution in [0.4, 0.5) is 0 Å². The predicted octanol–water partition coefficient (Wildman–Crippen LogP) is 2.12. The number of benzene rings is 1. The van der Waals surface area contributed by atoms with Crippen molar-refractivity contribution >= 4 is 22.7 Å². The second-order valence-corrected chi connectivity index (χ2v) is 4.37. The van der Waals surface area contributed by atoms with E-state index < -0.39 is 11.9 Å². The first kappa shape index (κ1) is 13.9. The molecule has 0 amide bonds. The molecule has 20 heavy (non-hydrogen) atoms. The van der Waals surface area contributed by atoms with Crippen molar-refractivity contribution in [2.45, 2.75) is 20.8 Å². The number of aromatic nitrogens is 2. The van der Waals surface area contributed by atoms with Gasteiger partial charge in [-0.2, -0.15) is 5.10 Å². The highest BCUT2D eigenvalue weighted by atomic mass is 16.5. The van der Waals surface area contributed by atoms with Crippen molar-refractivity contribution in [3.8, 4) is 0 Å². The molecule has 0 spiro atoms. The van der Waals surface area contributed by atoms with E-state index in [2.05, 4.69) is 10.2 Å². The molecule has 0 bridgehead atoms. The summed E-state index contributed by atoms with van der Waals surface area (Å²) in [4.78, 5) is 23.1. The molecule has 1 aromatic heterocycles. The van der Waals surface area contributed by atoms with Crippen LogP contribution in [0.1, 0.15) is 38.9 Å². The fraction of sp³-hybridized carbons (Fsp3) is 0.286. The van der Waals surface area contributed by atoms with Crippen molar-refractivity contribution in [3.63, 3.8) is 0 Å². The number of aryl methyl sites for hydroxylation is 2. The first-order valence-electron chi connectivity index (χ1n) is 6.13. The number of carboxylic acids is 1. The Balaban J connectivity index is 2.77. The molecule has 0 aliphatic carbocycles. The van der Waals surface area contributed by atoms with Gasteiger partial charge in [-0.05, 0) is 38.0 Å². The van der Waals surface area contributed by atoms with Crippen molar-refractivity contribution in [1.29, 1.82) is 0 Å². The lowest BCUT2D eigenvalue weighted by atomic mass is 9.96. The molecule has 0 atom stereocenters. The monoisotopic (exact) mass is 274 g/mol. The molecule has 0 saturated heterocycles. The third-order valence-electron chi connectivity index (χ3n) is 3.11. The number of nitrogens with zero attached hydrogens (tertiary/aromatic N) is 2. The Labute approximate surface area is 115 Å². The van der Waals surface area contributed by atoms with Crippen LogP contribution in [0.15, 0.2) is 12.3 Å². The van der Waals surface area contributed by atoms with Gasteiger partial charge in [0, 0.05) is 10.8 Å². The van der Waals surface area contributed by atoms with E-state index in [9.17, 15) is 9.59 Å². The number of fused-ring (bicyclic) bond motifs is 1. The molecule has 2 aromatic rings. The maximum Gasteiger partial charge on any atom is 0.357 e. The molecule has 104 valence electrons. The minimum absolute atomic E-state index is 0.121. The van der Waals surface area contributed by atoms with Gasteiger partial charge in [0.15, 0.2) is 5.69 Å². The molecular weight excluding hydrogens is 260 g/mol. The standard InChI is InChI=1S/C14H14N2O4/c1-4-20-14(19)11-7(2)5-9-10(8(11)3)6-15-16-12(9)13(17)18/h5-6H,4H2,1-3H3,(H,17,18). The summed E-state index contributed by atoms with van der Waals surface area (Å²) in [5.74, 6) is -1.57. The summed E-state index contributed by atoms with van der Waals surface area (Å²) in [5, 5.41) is 17.5. The van der Waals surface area contributed by atoms with Crippen LogP contribution in [0.3, 0.4) is 0 Å². The van der Waals surface area contributed by atoms with E-state index >= 15 is 0 Å². The van der Waals surface area contributed by atoms with Crippen LogP contribution >= 0.6 is 0 Å². The molecule has 1 heterocycles. The van der Waals surface area contributed by atoms with Gasteiger partial charge in [0.2, 0.25) is 0 Å². The zero-order chi connectivity index (χ0) is 14.9. The van der Waals surface area contributed by atoms with Crippen LogP contribution in [0.5, 0.6) is 0 Å². The Morgan fingerprint density at radius 1 is 1.30 bits per heavy atom. The van der Waals surface area contributed by atoms with Gasteiger partial charge in [0.05, 0.1) is 18.4 Å². The average Bonchev–Trinajstić information content (AvgIpc) is 2.38. The highest BCUT2D eigenvalue weighted by molar-refractivity contribution is 6.06. The van der Waals surface area contributed by atoms with E-state index in [0.29, 0.717) is 27.5 Å². The van der Waals surface area contributed by atoms with Gasteiger partial charge < -0.3 is 9.84 Å². The van der Waals surface area contributed by atoms with Crippen LogP contribution < -0.4 is 0 Å². The Hall–Kier alpha value is -2.50. The quantitative estimate of drug-likeness (QED) is 0.862. The summed E-state index contributed by atoms with van der Waals surface area (Å²) < 4.78 is 5.02. The lowest BCUT2D eigenvalue weighted by Crippen LogP contribution is -2.11. The summed E-state index contributed by atoms with van der Waals surface area (Å²) in [6.45, 7) is 5.50. The van der Waals surface area contributed by atoms with E-state index in [1.807, 2.05) is 0 Å². The van der Waals surface area contributed by atoms with Crippen molar-refractivity contribution in [1.82, 2.24) is 10.2 Å². The first-order valence-corrected chi connectivity index (χ1v) is 6.13. The molecule has 0 unspecified atom stereocenters. The molecule has 6 nitrogen and oxygen atoms in total. The van der Waals surface area contributed by atoms with E-state index in [1.165, 1.54) is 6.20 Å². The number of hydrogen-bond donors (Lipinski definition) is 1. The second-order valence-electron chi connectivity index (χ2n) is 4.37. The number of carbonyl (C=O) groups excluding carboxylic acids is 1. The summed E-state index contributed by atoms with van der Waals surface area (Å²) in [5.41, 5.74) is 1.63. The normalized spacial score (nSPS) is 10.6. The van der Waals surface area contributed by atoms with Crippen LogP contribution in [-0.2, 0) is 4.74 Å². The number of rotatable bonds is 3. The topological polar surface area (TPSA) is 89.4 Å². The van der Waals surface area contributed by atoms with Gasteiger partial charge in [-0.1, -0.05) is 0 Å². The van der Waals surface area contributed by atoms with Gasteiger partial charge in [-0.3, -0.25) is 0 Å². The van der Waals surface area contributed by atoms with E-state index in [-0.39, 0.29) is 12.3 Å². The molecule has 0 saturated carbocycles. The molecule has 1 aromatic carbocycles. The Bertz CT molecular complexity index is 710. The van der Waals surface area contributed by atoms with Crippen molar-refractivity contribution in [3.05, 3.63) is 34.6 Å². The van der Waals surface area contributed by atoms with E-state index in [4.69, 9.17) is 9.84 Å². The minimum Gasteiger partial charge on any atom is -0.476 e. The number of aromatic carboxylic acids is 1. The van der Waals surface area contributed by atoms with Crippen LogP contribution in [0.25, 0.3) is 10.8 Å². The predicted molar refractivity (Wildman–Crippen MR) is 71.9 cm³/mol. The van der Waals surface area contributed by atoms with Crippen molar-refractivity contribution in [2.24, 2.45) is 0 Å². The Morgan fingerprint density at radius 2 is 2.00 bits per heavy atom. The summed E-state index contributed by atoms with van der Waals surface area (Å²) in [6.07, 6.45) is 1.46. The summed E-state index contributed by atoms with van der Waals surface area (Å²) >= 11 is 0. The molecule has 0 aliphatic rings. The van der Waals surface area contributed by atoms with E-state index in [1.54, 1.807) is 26.8 Å². The fourth-order valence-corrected chi connectivity index (χ4v) is 2.23. The third kappa shape index (κ3) is 2.20. The third-order valence-corrected chi connectivity index (χ3v) is 3.11. The molecule has 0 fully saturated rings. The van der Waals surface area contributed by atoms with Gasteiger partial charge in [-0.15, -0.1) is 5.10 Å². The van der Waals surface area contributed by atoms with Crippen LogP contribution in [0.2, 0.25) is 0 Å². The molecule has 1 N–H and O–H groups in total. The molecular formula is C14H14N2O4. The maximum absolute atomic E-state index is 12.0. The van der Waals surface area contributed by atoms with E-state index in [0.717, 1.165) is 0 Å². The summed E-state index contributed by atoms with van der Waals surface area (Å²) in [6, 6.07) is 1.63. The molecule has 0 aliphatic heterocycles. The van der Waals surface area contributed by atoms with Gasteiger partial charge in [0.1, 0.15) is 0 Å². The minimum atomic E-state index is -1.15. The Kier molecular flexibility index (Phi) is 3.65. The molecule has 6 heteroatoms. The number of ether oxygens (including phenoxy) is 1. The number of hydrogen-bond acceptors (Lipinski definition) is 5. The molecule has 0 radical (unpaired) electrons. The van der Waals surface area contributed by atoms with Crippen LogP contribution in [-0.4, -0.2) is 33.8 Å². The zero-order valence-electron chi connectivity index (χ0n) is 11.4. The first-order chi connectivity index (χ1) is 9.47. The van der Waals surface area contributed by atoms with Gasteiger partial charge in [0.25, 0.3) is 0 Å². The lowest BCUT2D eigenvalue weighted by Gasteiger charge is -2.12. The lowest BCUT2D eigenvalue weighted by molar-refractivity contribution is 0.0524. The largest absolute Gasteiger partial charge is 0.476 e. The SMILES string of the molecule is CCOC(=O)c1c(C)cc2c(C(=O)O)nncc2c1C. The maximum atomic E-state index is 12.0. The van der Waals surface area contributed by atoms with Gasteiger partial charge in [-0.25, -0.2) is 9.59 Å². The fourth-order valence-electron chi connectivity index (χ4n) is 2.23. The zero-order valence-corrected chi connectivity index (χ0v) is 11.4.